The molecule has 0 saturated heterocycles. The molecule has 0 fully saturated rings. The van der Waals surface area contributed by atoms with Crippen LogP contribution in [0.1, 0.15) is 18.5 Å². The van der Waals surface area contributed by atoms with Gasteiger partial charge in [-0.15, -0.1) is 11.8 Å². The summed E-state index contributed by atoms with van der Waals surface area (Å²) in [4.78, 5) is 5.30. The van der Waals surface area contributed by atoms with Crippen LogP contribution in [-0.2, 0) is 0 Å². The number of thioether (sulfide) groups is 1. The number of para-hydroxylation sites is 1. The third-order valence-corrected chi connectivity index (χ3v) is 4.65. The number of ether oxygens (including phenoxy) is 1. The van der Waals surface area contributed by atoms with E-state index < -0.39 is 0 Å². The van der Waals surface area contributed by atoms with Crippen molar-refractivity contribution in [2.75, 3.05) is 13.2 Å². The summed E-state index contributed by atoms with van der Waals surface area (Å²) in [5.41, 5.74) is 1.26. The van der Waals surface area contributed by atoms with Gasteiger partial charge in [0.1, 0.15) is 12.4 Å². The van der Waals surface area contributed by atoms with Gasteiger partial charge in [0.05, 0.1) is 11.3 Å². The maximum atomic E-state index is 5.91. The summed E-state index contributed by atoms with van der Waals surface area (Å²) in [6.07, 6.45) is 3.67. The highest BCUT2D eigenvalue weighted by Gasteiger charge is 2.30. The van der Waals surface area contributed by atoms with E-state index in [4.69, 9.17) is 4.74 Å². The first-order valence-electron chi connectivity index (χ1n) is 6.90. The maximum Gasteiger partial charge on any atom is 0.124 e. The molecule has 1 N–H and O–H groups in total. The number of hydrogen-bond acceptors (Lipinski definition) is 4. The van der Waals surface area contributed by atoms with E-state index in [1.807, 2.05) is 48.4 Å². The fourth-order valence-electron chi connectivity index (χ4n) is 2.49. The normalized spacial score (nSPS) is 21.1. The van der Waals surface area contributed by atoms with E-state index in [0.29, 0.717) is 11.3 Å². The molecule has 2 aromatic rings. The van der Waals surface area contributed by atoms with Gasteiger partial charge >= 0.3 is 0 Å². The van der Waals surface area contributed by atoms with E-state index in [2.05, 4.69) is 29.4 Å². The van der Waals surface area contributed by atoms with Gasteiger partial charge in [-0.05, 0) is 24.7 Å². The van der Waals surface area contributed by atoms with Crippen LogP contribution in [-0.4, -0.2) is 23.4 Å². The molecule has 0 amide bonds. The second-order valence-electron chi connectivity index (χ2n) is 4.72. The minimum Gasteiger partial charge on any atom is -0.492 e. The summed E-state index contributed by atoms with van der Waals surface area (Å²) >= 11 is 1.85. The number of nitrogens with zero attached hydrogens (tertiary/aromatic N) is 1. The quantitative estimate of drug-likeness (QED) is 0.935. The van der Waals surface area contributed by atoms with Crippen LogP contribution in [0.5, 0.6) is 5.75 Å². The summed E-state index contributed by atoms with van der Waals surface area (Å²) in [5, 5.41) is 3.96. The molecule has 20 heavy (non-hydrogen) atoms. The maximum absolute atomic E-state index is 5.91. The molecule has 0 saturated carbocycles. The molecule has 104 valence electrons. The molecule has 2 heterocycles. The van der Waals surface area contributed by atoms with Crippen LogP contribution in [0.3, 0.4) is 0 Å². The molecule has 0 radical (unpaired) electrons. The Kier molecular flexibility index (Phi) is 4.23. The van der Waals surface area contributed by atoms with E-state index in [0.717, 1.165) is 18.9 Å². The number of nitrogens with one attached hydrogen (secondary N) is 1. The van der Waals surface area contributed by atoms with Crippen LogP contribution in [0.15, 0.2) is 53.7 Å². The fraction of sp³-hybridized carbons (Fsp3) is 0.312. The van der Waals surface area contributed by atoms with Crippen molar-refractivity contribution in [3.63, 3.8) is 0 Å². The van der Waals surface area contributed by atoms with Crippen molar-refractivity contribution < 1.29 is 4.74 Å². The van der Waals surface area contributed by atoms with Gasteiger partial charge in [-0.2, -0.15) is 0 Å². The summed E-state index contributed by atoms with van der Waals surface area (Å²) in [5.74, 6) is 1.00. The van der Waals surface area contributed by atoms with Crippen molar-refractivity contribution in [1.82, 2.24) is 10.3 Å². The van der Waals surface area contributed by atoms with Crippen LogP contribution < -0.4 is 10.1 Å². The summed E-state index contributed by atoms with van der Waals surface area (Å²) < 4.78 is 5.91. The number of fused-ring (bicyclic) bond motifs is 1. The lowest BCUT2D eigenvalue weighted by Gasteiger charge is -2.33. The van der Waals surface area contributed by atoms with Crippen molar-refractivity contribution in [1.29, 1.82) is 0 Å². The van der Waals surface area contributed by atoms with E-state index in [-0.39, 0.29) is 0 Å². The predicted octanol–water partition coefficient (Wildman–Crippen LogP) is 3.29. The zero-order chi connectivity index (χ0) is 13.8. The molecule has 2 atom stereocenters. The molecule has 1 aliphatic heterocycles. The molecular formula is C16H18N2OS. The van der Waals surface area contributed by atoms with Gasteiger partial charge in [-0.3, -0.25) is 4.98 Å². The molecule has 1 aliphatic rings. The first kappa shape index (κ1) is 13.5. The summed E-state index contributed by atoms with van der Waals surface area (Å²) in [7, 11) is 0. The van der Waals surface area contributed by atoms with Crippen molar-refractivity contribution in [2.45, 2.75) is 23.1 Å². The predicted molar refractivity (Wildman–Crippen MR) is 82.2 cm³/mol. The van der Waals surface area contributed by atoms with Crippen LogP contribution in [0, 0.1) is 0 Å². The van der Waals surface area contributed by atoms with Gasteiger partial charge in [0, 0.05) is 22.9 Å². The van der Waals surface area contributed by atoms with Crippen LogP contribution in [0.2, 0.25) is 0 Å². The number of aromatic nitrogens is 1. The van der Waals surface area contributed by atoms with E-state index in [9.17, 15) is 0 Å². The Morgan fingerprint density at radius 3 is 2.85 bits per heavy atom. The number of rotatable bonds is 4. The number of benzene rings is 1. The zero-order valence-electron chi connectivity index (χ0n) is 11.5. The van der Waals surface area contributed by atoms with Crippen molar-refractivity contribution in [2.24, 2.45) is 0 Å². The van der Waals surface area contributed by atoms with Crippen LogP contribution in [0.25, 0.3) is 0 Å². The first-order chi connectivity index (χ1) is 9.88. The molecule has 2 unspecified atom stereocenters. The highest BCUT2D eigenvalue weighted by molar-refractivity contribution is 8.00. The first-order valence-corrected chi connectivity index (χ1v) is 7.78. The van der Waals surface area contributed by atoms with Crippen LogP contribution in [0.4, 0.5) is 0 Å². The van der Waals surface area contributed by atoms with Gasteiger partial charge < -0.3 is 10.1 Å². The SMILES string of the molecule is CCNC1c2ccccc2OCC1Sc1ccncc1. The van der Waals surface area contributed by atoms with E-state index in [1.54, 1.807) is 0 Å². The van der Waals surface area contributed by atoms with Gasteiger partial charge in [-0.1, -0.05) is 25.1 Å². The molecule has 1 aromatic carbocycles. The van der Waals surface area contributed by atoms with Gasteiger partial charge in [0.2, 0.25) is 0 Å². The molecule has 0 bridgehead atoms. The second kappa shape index (κ2) is 6.29. The third-order valence-electron chi connectivity index (χ3n) is 3.39. The summed E-state index contributed by atoms with van der Waals surface area (Å²) in [6, 6.07) is 12.7. The lowest BCUT2D eigenvalue weighted by Crippen LogP contribution is -2.37. The van der Waals surface area contributed by atoms with Crippen molar-refractivity contribution in [3.8, 4) is 5.75 Å². The second-order valence-corrected chi connectivity index (χ2v) is 6.04. The average molecular weight is 286 g/mol. The Morgan fingerprint density at radius 2 is 2.05 bits per heavy atom. The minimum atomic E-state index is 0.322. The lowest BCUT2D eigenvalue weighted by atomic mass is 10.0. The molecule has 3 nitrogen and oxygen atoms in total. The monoisotopic (exact) mass is 286 g/mol. The average Bonchev–Trinajstić information content (AvgIpc) is 2.51. The standard InChI is InChI=1S/C16H18N2OS/c1-2-18-16-13-5-3-4-6-14(13)19-11-15(16)20-12-7-9-17-10-8-12/h3-10,15-16,18H,2,11H2,1H3. The molecule has 0 spiro atoms. The van der Waals surface area contributed by atoms with Crippen LogP contribution >= 0.6 is 11.8 Å². The van der Waals surface area contributed by atoms with Crippen molar-refractivity contribution in [3.05, 3.63) is 54.4 Å². The minimum absolute atomic E-state index is 0.322. The number of hydrogen-bond donors (Lipinski definition) is 1. The molecular weight excluding hydrogens is 268 g/mol. The lowest BCUT2D eigenvalue weighted by molar-refractivity contribution is 0.261. The highest BCUT2D eigenvalue weighted by atomic mass is 32.2. The topological polar surface area (TPSA) is 34.1 Å². The number of pyridine rings is 1. The molecule has 4 heteroatoms. The van der Waals surface area contributed by atoms with Gasteiger partial charge in [-0.25, -0.2) is 0 Å². The van der Waals surface area contributed by atoms with Gasteiger partial charge in [0.15, 0.2) is 0 Å². The van der Waals surface area contributed by atoms with E-state index >= 15 is 0 Å². The Hall–Kier alpha value is -1.52. The van der Waals surface area contributed by atoms with Gasteiger partial charge in [0.25, 0.3) is 0 Å². The zero-order valence-corrected chi connectivity index (χ0v) is 12.3. The molecule has 0 aliphatic carbocycles. The van der Waals surface area contributed by atoms with Crippen molar-refractivity contribution >= 4 is 11.8 Å². The Bertz CT molecular complexity index is 561. The fourth-order valence-corrected chi connectivity index (χ4v) is 3.64. The largest absolute Gasteiger partial charge is 0.492 e. The third kappa shape index (κ3) is 2.81. The molecule has 1 aromatic heterocycles. The Morgan fingerprint density at radius 1 is 1.25 bits per heavy atom. The smallest absolute Gasteiger partial charge is 0.124 e. The Labute approximate surface area is 123 Å². The van der Waals surface area contributed by atoms with E-state index in [1.165, 1.54) is 10.5 Å². The molecule has 3 rings (SSSR count). The highest BCUT2D eigenvalue weighted by Crippen LogP contribution is 2.39. The Balaban J connectivity index is 1.84. The summed E-state index contributed by atoms with van der Waals surface area (Å²) in [6.45, 7) is 3.82.